The van der Waals surface area contributed by atoms with E-state index in [4.69, 9.17) is 5.11 Å². The van der Waals surface area contributed by atoms with E-state index in [1.807, 2.05) is 0 Å². The molecule has 100 valence electrons. The fourth-order valence-electron chi connectivity index (χ4n) is 2.23. The van der Waals surface area contributed by atoms with Crippen molar-refractivity contribution in [3.8, 4) is 0 Å². The third-order valence-electron chi connectivity index (χ3n) is 3.26. The molecule has 1 aliphatic carbocycles. The normalized spacial score (nSPS) is 18.1. The van der Waals surface area contributed by atoms with Gasteiger partial charge in [-0.3, -0.25) is 4.68 Å². The predicted molar refractivity (Wildman–Crippen MR) is 63.3 cm³/mol. The van der Waals surface area contributed by atoms with E-state index in [9.17, 15) is 9.90 Å². The molecule has 1 heterocycles. The van der Waals surface area contributed by atoms with Gasteiger partial charge in [0, 0.05) is 13.1 Å². The van der Waals surface area contributed by atoms with Crippen molar-refractivity contribution in [1.82, 2.24) is 20.3 Å². The van der Waals surface area contributed by atoms with E-state index in [1.165, 1.54) is 10.9 Å². The van der Waals surface area contributed by atoms with Gasteiger partial charge in [0.2, 0.25) is 0 Å². The number of nitrogens with one attached hydrogen (secondary N) is 1. The topological polar surface area (TPSA) is 100 Å². The van der Waals surface area contributed by atoms with Crippen LogP contribution in [0.25, 0.3) is 0 Å². The van der Waals surface area contributed by atoms with Crippen molar-refractivity contribution in [2.45, 2.75) is 37.8 Å². The molecule has 7 heteroatoms. The van der Waals surface area contributed by atoms with Crippen LogP contribution in [0.1, 0.15) is 36.2 Å². The van der Waals surface area contributed by atoms with E-state index in [0.29, 0.717) is 19.6 Å². The summed E-state index contributed by atoms with van der Waals surface area (Å²) in [5.74, 6) is -1.07. The number of hydrogen-bond donors (Lipinski definition) is 3. The highest BCUT2D eigenvalue weighted by Crippen LogP contribution is 2.28. The van der Waals surface area contributed by atoms with Crippen molar-refractivity contribution in [1.29, 1.82) is 0 Å². The first-order valence-corrected chi connectivity index (χ1v) is 6.16. The van der Waals surface area contributed by atoms with Crippen LogP contribution in [0.15, 0.2) is 6.20 Å². The van der Waals surface area contributed by atoms with Crippen molar-refractivity contribution < 1.29 is 15.0 Å². The molecule has 0 radical (unpaired) electrons. The monoisotopic (exact) mass is 254 g/mol. The van der Waals surface area contributed by atoms with E-state index < -0.39 is 11.6 Å². The van der Waals surface area contributed by atoms with E-state index in [2.05, 4.69) is 15.6 Å². The van der Waals surface area contributed by atoms with Gasteiger partial charge >= 0.3 is 5.97 Å². The zero-order valence-corrected chi connectivity index (χ0v) is 10.2. The maximum atomic E-state index is 10.6. The summed E-state index contributed by atoms with van der Waals surface area (Å²) >= 11 is 0. The largest absolute Gasteiger partial charge is 0.476 e. The number of hydrogen-bond acceptors (Lipinski definition) is 5. The summed E-state index contributed by atoms with van der Waals surface area (Å²) in [6, 6.07) is 0. The van der Waals surface area contributed by atoms with Crippen LogP contribution in [0.2, 0.25) is 0 Å². The summed E-state index contributed by atoms with van der Waals surface area (Å²) in [7, 11) is 0. The maximum Gasteiger partial charge on any atom is 0.358 e. The maximum absolute atomic E-state index is 10.6. The molecule has 0 atom stereocenters. The second-order valence-corrected chi connectivity index (χ2v) is 4.78. The second kappa shape index (κ2) is 5.45. The van der Waals surface area contributed by atoms with Crippen LogP contribution in [0.3, 0.4) is 0 Å². The third kappa shape index (κ3) is 3.27. The summed E-state index contributed by atoms with van der Waals surface area (Å²) in [5.41, 5.74) is -0.612. The van der Waals surface area contributed by atoms with Crippen LogP contribution in [-0.4, -0.2) is 49.9 Å². The standard InChI is InChI=1S/C11H18N4O3/c16-10(17)9-7-15(14-13-9)6-5-12-8-11(18)3-1-2-4-11/h7,12,18H,1-6,8H2,(H,16,17). The highest BCUT2D eigenvalue weighted by molar-refractivity contribution is 5.84. The number of aromatic carboxylic acids is 1. The Hall–Kier alpha value is -1.47. The number of carboxylic acids is 1. The molecule has 0 amide bonds. The van der Waals surface area contributed by atoms with Crippen LogP contribution in [0.4, 0.5) is 0 Å². The summed E-state index contributed by atoms with van der Waals surface area (Å²) in [5, 5.41) is 29.2. The molecule has 0 saturated heterocycles. The van der Waals surface area contributed by atoms with Crippen molar-refractivity contribution in [3.63, 3.8) is 0 Å². The van der Waals surface area contributed by atoms with Gasteiger partial charge in [-0.1, -0.05) is 18.1 Å². The first-order valence-electron chi connectivity index (χ1n) is 6.16. The number of carboxylic acid groups (broad SMARTS) is 1. The molecule has 0 unspecified atom stereocenters. The Bertz CT molecular complexity index is 412. The number of aromatic nitrogens is 3. The zero-order chi connectivity index (χ0) is 13.0. The lowest BCUT2D eigenvalue weighted by molar-refractivity contribution is 0.0477. The van der Waals surface area contributed by atoms with Gasteiger partial charge in [-0.15, -0.1) is 5.10 Å². The van der Waals surface area contributed by atoms with E-state index in [-0.39, 0.29) is 5.69 Å². The number of rotatable bonds is 6. The van der Waals surface area contributed by atoms with Crippen LogP contribution in [0.5, 0.6) is 0 Å². The zero-order valence-electron chi connectivity index (χ0n) is 10.2. The van der Waals surface area contributed by atoms with E-state index >= 15 is 0 Å². The molecule has 1 aliphatic rings. The van der Waals surface area contributed by atoms with Crippen LogP contribution < -0.4 is 5.32 Å². The first-order chi connectivity index (χ1) is 8.59. The van der Waals surface area contributed by atoms with Gasteiger partial charge < -0.3 is 15.5 Å². The van der Waals surface area contributed by atoms with Crippen molar-refractivity contribution in [2.24, 2.45) is 0 Å². The molecule has 0 bridgehead atoms. The predicted octanol–water partition coefficient (Wildman–Crippen LogP) is -0.129. The number of nitrogens with zero attached hydrogens (tertiary/aromatic N) is 3. The molecule has 18 heavy (non-hydrogen) atoms. The van der Waals surface area contributed by atoms with Gasteiger partial charge in [0.25, 0.3) is 0 Å². The van der Waals surface area contributed by atoms with Gasteiger partial charge in [0.1, 0.15) is 0 Å². The van der Waals surface area contributed by atoms with E-state index in [1.54, 1.807) is 0 Å². The molecular weight excluding hydrogens is 236 g/mol. The molecule has 1 fully saturated rings. The van der Waals surface area contributed by atoms with Crippen LogP contribution in [0, 0.1) is 0 Å². The smallest absolute Gasteiger partial charge is 0.358 e. The summed E-state index contributed by atoms with van der Waals surface area (Å²) < 4.78 is 1.48. The van der Waals surface area contributed by atoms with Gasteiger partial charge in [0.15, 0.2) is 5.69 Å². The Morgan fingerprint density at radius 2 is 2.22 bits per heavy atom. The Morgan fingerprint density at radius 3 is 2.83 bits per heavy atom. The van der Waals surface area contributed by atoms with Crippen molar-refractivity contribution >= 4 is 5.97 Å². The summed E-state index contributed by atoms with van der Waals surface area (Å²) in [6.45, 7) is 1.74. The van der Waals surface area contributed by atoms with Crippen molar-refractivity contribution in [2.75, 3.05) is 13.1 Å². The molecule has 7 nitrogen and oxygen atoms in total. The molecule has 1 aromatic rings. The second-order valence-electron chi connectivity index (χ2n) is 4.78. The Labute approximate surface area is 105 Å². The SMILES string of the molecule is O=C(O)c1cn(CCNCC2(O)CCCC2)nn1. The quantitative estimate of drug-likeness (QED) is 0.611. The molecule has 3 N–H and O–H groups in total. The first kappa shape index (κ1) is 13.0. The van der Waals surface area contributed by atoms with Gasteiger partial charge in [-0.25, -0.2) is 4.79 Å². The van der Waals surface area contributed by atoms with Crippen LogP contribution in [-0.2, 0) is 6.54 Å². The minimum atomic E-state index is -1.07. The average molecular weight is 254 g/mol. The van der Waals surface area contributed by atoms with Gasteiger partial charge in [0.05, 0.1) is 18.3 Å². The highest BCUT2D eigenvalue weighted by Gasteiger charge is 2.30. The Kier molecular flexibility index (Phi) is 3.93. The highest BCUT2D eigenvalue weighted by atomic mass is 16.4. The minimum Gasteiger partial charge on any atom is -0.476 e. The molecule has 0 aliphatic heterocycles. The lowest BCUT2D eigenvalue weighted by atomic mass is 10.0. The molecule has 1 aromatic heterocycles. The lowest BCUT2D eigenvalue weighted by Gasteiger charge is -2.22. The van der Waals surface area contributed by atoms with Gasteiger partial charge in [-0.05, 0) is 12.8 Å². The molecule has 2 rings (SSSR count). The minimum absolute atomic E-state index is 0.0515. The number of carbonyl (C=O) groups is 1. The van der Waals surface area contributed by atoms with Gasteiger partial charge in [-0.2, -0.15) is 0 Å². The Morgan fingerprint density at radius 1 is 1.50 bits per heavy atom. The number of aliphatic hydroxyl groups is 1. The lowest BCUT2D eigenvalue weighted by Crippen LogP contribution is -2.39. The molecular formula is C11H18N4O3. The fraction of sp³-hybridized carbons (Fsp3) is 0.727. The van der Waals surface area contributed by atoms with E-state index in [0.717, 1.165) is 25.7 Å². The molecule has 0 spiro atoms. The Balaban J connectivity index is 1.70. The molecule has 0 aromatic carbocycles. The third-order valence-corrected chi connectivity index (χ3v) is 3.26. The van der Waals surface area contributed by atoms with Crippen LogP contribution >= 0.6 is 0 Å². The molecule has 1 saturated carbocycles. The summed E-state index contributed by atoms with van der Waals surface area (Å²) in [4.78, 5) is 10.6. The van der Waals surface area contributed by atoms with Crippen molar-refractivity contribution in [3.05, 3.63) is 11.9 Å². The average Bonchev–Trinajstić information content (AvgIpc) is 2.94. The fourth-order valence-corrected chi connectivity index (χ4v) is 2.23. The summed E-state index contributed by atoms with van der Waals surface area (Å²) in [6.07, 6.45) is 5.28.